The molecule has 1 saturated heterocycles. The number of thioether (sulfide) groups is 1. The molecule has 0 spiro atoms. The van der Waals surface area contributed by atoms with E-state index in [0.717, 1.165) is 12.0 Å². The molecule has 3 heteroatoms. The molecule has 1 aliphatic heterocycles. The lowest BCUT2D eigenvalue weighted by atomic mass is 9.89. The molecule has 3 atom stereocenters. The molecule has 1 heterocycles. The van der Waals surface area contributed by atoms with Crippen molar-refractivity contribution in [2.45, 2.75) is 58.0 Å². The summed E-state index contributed by atoms with van der Waals surface area (Å²) in [5.74, 6) is 3.51. The van der Waals surface area contributed by atoms with Crippen LogP contribution in [0, 0.1) is 5.92 Å². The zero-order valence-electron chi connectivity index (χ0n) is 12.7. The Kier molecular flexibility index (Phi) is 8.36. The molecular formula is C15H32N2S. The molecule has 1 aliphatic rings. The molecule has 0 aromatic carbocycles. The van der Waals surface area contributed by atoms with Gasteiger partial charge < -0.3 is 10.2 Å². The van der Waals surface area contributed by atoms with Gasteiger partial charge in [0, 0.05) is 30.1 Å². The van der Waals surface area contributed by atoms with Gasteiger partial charge >= 0.3 is 0 Å². The van der Waals surface area contributed by atoms with Gasteiger partial charge in [0.15, 0.2) is 0 Å². The molecule has 0 bridgehead atoms. The maximum atomic E-state index is 3.59. The van der Waals surface area contributed by atoms with E-state index in [1.54, 1.807) is 0 Å². The molecule has 18 heavy (non-hydrogen) atoms. The van der Waals surface area contributed by atoms with Crippen LogP contribution in [0.1, 0.15) is 46.0 Å². The first-order chi connectivity index (χ1) is 8.72. The van der Waals surface area contributed by atoms with Gasteiger partial charge in [-0.25, -0.2) is 0 Å². The molecule has 0 aromatic rings. The van der Waals surface area contributed by atoms with Gasteiger partial charge in [0.25, 0.3) is 0 Å². The zero-order chi connectivity index (χ0) is 13.4. The van der Waals surface area contributed by atoms with Crippen LogP contribution in [0.4, 0.5) is 0 Å². The van der Waals surface area contributed by atoms with Crippen molar-refractivity contribution in [3.8, 4) is 0 Å². The average molecular weight is 273 g/mol. The molecule has 0 amide bonds. The van der Waals surface area contributed by atoms with E-state index < -0.39 is 0 Å². The summed E-state index contributed by atoms with van der Waals surface area (Å²) in [6.45, 7) is 5.90. The van der Waals surface area contributed by atoms with Gasteiger partial charge in [-0.05, 0) is 26.4 Å². The fraction of sp³-hybridized carbons (Fsp3) is 1.00. The summed E-state index contributed by atoms with van der Waals surface area (Å²) >= 11 is 2.12. The second kappa shape index (κ2) is 9.22. The van der Waals surface area contributed by atoms with E-state index in [1.807, 2.05) is 0 Å². The SMILES string of the molecule is CCCCC(CC)CC(NC)C1CSCCN1C. The second-order valence-electron chi connectivity index (χ2n) is 5.67. The minimum atomic E-state index is 0.671. The molecule has 0 saturated carbocycles. The summed E-state index contributed by atoms with van der Waals surface area (Å²) < 4.78 is 0. The monoisotopic (exact) mass is 272 g/mol. The summed E-state index contributed by atoms with van der Waals surface area (Å²) in [5.41, 5.74) is 0. The van der Waals surface area contributed by atoms with Crippen molar-refractivity contribution in [3.05, 3.63) is 0 Å². The Hall–Kier alpha value is 0.270. The predicted octanol–water partition coefficient (Wildman–Crippen LogP) is 3.23. The van der Waals surface area contributed by atoms with E-state index in [-0.39, 0.29) is 0 Å². The number of nitrogens with zero attached hydrogens (tertiary/aromatic N) is 1. The van der Waals surface area contributed by atoms with Crippen LogP contribution in [0.3, 0.4) is 0 Å². The Balaban J connectivity index is 2.47. The van der Waals surface area contributed by atoms with Crippen LogP contribution in [0.25, 0.3) is 0 Å². The summed E-state index contributed by atoms with van der Waals surface area (Å²) in [6.07, 6.45) is 6.82. The molecule has 108 valence electrons. The van der Waals surface area contributed by atoms with Crippen LogP contribution in [0.5, 0.6) is 0 Å². The van der Waals surface area contributed by atoms with Gasteiger partial charge in [-0.15, -0.1) is 0 Å². The molecule has 3 unspecified atom stereocenters. The summed E-state index contributed by atoms with van der Waals surface area (Å²) in [4.78, 5) is 2.56. The summed E-state index contributed by atoms with van der Waals surface area (Å²) in [6, 6.07) is 1.40. The van der Waals surface area contributed by atoms with Gasteiger partial charge in [-0.1, -0.05) is 39.5 Å². The quantitative estimate of drug-likeness (QED) is 0.730. The fourth-order valence-electron chi connectivity index (χ4n) is 2.94. The van der Waals surface area contributed by atoms with E-state index in [2.05, 4.69) is 49.9 Å². The molecule has 0 radical (unpaired) electrons. The Labute approximate surface area is 118 Å². The standard InChI is InChI=1S/C15H32N2S/c1-5-7-8-13(6-2)11-14(16-3)15-12-18-10-9-17(15)4/h13-16H,5-12H2,1-4H3. The van der Waals surface area contributed by atoms with Crippen LogP contribution < -0.4 is 5.32 Å². The third-order valence-electron chi connectivity index (χ3n) is 4.41. The highest BCUT2D eigenvalue weighted by Crippen LogP contribution is 2.24. The van der Waals surface area contributed by atoms with Crippen molar-refractivity contribution in [2.75, 3.05) is 32.1 Å². The largest absolute Gasteiger partial charge is 0.315 e. The van der Waals surface area contributed by atoms with E-state index >= 15 is 0 Å². The topological polar surface area (TPSA) is 15.3 Å². The van der Waals surface area contributed by atoms with E-state index in [1.165, 1.54) is 50.2 Å². The van der Waals surface area contributed by atoms with Crippen molar-refractivity contribution in [1.29, 1.82) is 0 Å². The van der Waals surface area contributed by atoms with E-state index in [0.29, 0.717) is 6.04 Å². The third kappa shape index (κ3) is 5.10. The molecule has 1 fully saturated rings. The van der Waals surface area contributed by atoms with Gasteiger partial charge in [0.2, 0.25) is 0 Å². The van der Waals surface area contributed by atoms with Gasteiger partial charge in [0.05, 0.1) is 0 Å². The van der Waals surface area contributed by atoms with Crippen LogP contribution in [-0.2, 0) is 0 Å². The first-order valence-corrected chi connectivity index (χ1v) is 8.83. The first-order valence-electron chi connectivity index (χ1n) is 7.68. The van der Waals surface area contributed by atoms with Crippen molar-refractivity contribution in [1.82, 2.24) is 10.2 Å². The minimum Gasteiger partial charge on any atom is -0.315 e. The van der Waals surface area contributed by atoms with Crippen LogP contribution >= 0.6 is 11.8 Å². The Bertz CT molecular complexity index is 211. The molecule has 2 nitrogen and oxygen atoms in total. The van der Waals surface area contributed by atoms with Gasteiger partial charge in [-0.2, -0.15) is 11.8 Å². The number of nitrogens with one attached hydrogen (secondary N) is 1. The molecule has 0 aliphatic carbocycles. The fourth-order valence-corrected chi connectivity index (χ4v) is 4.25. The molecule has 1 N–H and O–H groups in total. The number of likely N-dealkylation sites (N-methyl/N-ethyl adjacent to an activating group) is 2. The first kappa shape index (κ1) is 16.3. The van der Waals surface area contributed by atoms with Crippen LogP contribution in [-0.4, -0.2) is 49.1 Å². The zero-order valence-corrected chi connectivity index (χ0v) is 13.6. The Morgan fingerprint density at radius 1 is 1.39 bits per heavy atom. The smallest absolute Gasteiger partial charge is 0.0337 e. The van der Waals surface area contributed by atoms with Crippen LogP contribution in [0.15, 0.2) is 0 Å². The number of hydrogen-bond acceptors (Lipinski definition) is 3. The summed E-state index contributed by atoms with van der Waals surface area (Å²) in [5, 5.41) is 3.59. The summed E-state index contributed by atoms with van der Waals surface area (Å²) in [7, 11) is 4.44. The predicted molar refractivity (Wildman–Crippen MR) is 84.5 cm³/mol. The van der Waals surface area contributed by atoms with Gasteiger partial charge in [-0.3, -0.25) is 0 Å². The van der Waals surface area contributed by atoms with Crippen molar-refractivity contribution in [2.24, 2.45) is 5.92 Å². The average Bonchev–Trinajstić information content (AvgIpc) is 2.40. The number of hydrogen-bond donors (Lipinski definition) is 1. The van der Waals surface area contributed by atoms with Crippen molar-refractivity contribution < 1.29 is 0 Å². The second-order valence-corrected chi connectivity index (χ2v) is 6.82. The minimum absolute atomic E-state index is 0.671. The lowest BCUT2D eigenvalue weighted by molar-refractivity contribution is 0.195. The molecule has 0 aromatic heterocycles. The lowest BCUT2D eigenvalue weighted by Crippen LogP contribution is -2.52. The maximum absolute atomic E-state index is 3.59. The van der Waals surface area contributed by atoms with Crippen molar-refractivity contribution >= 4 is 11.8 Å². The third-order valence-corrected chi connectivity index (χ3v) is 5.46. The van der Waals surface area contributed by atoms with E-state index in [4.69, 9.17) is 0 Å². The van der Waals surface area contributed by atoms with Crippen molar-refractivity contribution in [3.63, 3.8) is 0 Å². The van der Waals surface area contributed by atoms with Crippen LogP contribution in [0.2, 0.25) is 0 Å². The lowest BCUT2D eigenvalue weighted by Gasteiger charge is -2.39. The number of unbranched alkanes of at least 4 members (excludes halogenated alkanes) is 1. The van der Waals surface area contributed by atoms with E-state index in [9.17, 15) is 0 Å². The highest BCUT2D eigenvalue weighted by atomic mass is 32.2. The normalized spacial score (nSPS) is 25.0. The number of rotatable bonds is 8. The molecule has 1 rings (SSSR count). The van der Waals surface area contributed by atoms with Gasteiger partial charge in [0.1, 0.15) is 0 Å². The Morgan fingerprint density at radius 2 is 2.17 bits per heavy atom. The maximum Gasteiger partial charge on any atom is 0.0337 e. The Morgan fingerprint density at radius 3 is 2.72 bits per heavy atom. The highest BCUT2D eigenvalue weighted by Gasteiger charge is 2.28. The highest BCUT2D eigenvalue weighted by molar-refractivity contribution is 7.99. The molecular weight excluding hydrogens is 240 g/mol.